The summed E-state index contributed by atoms with van der Waals surface area (Å²) in [5, 5.41) is 14.4. The predicted molar refractivity (Wildman–Crippen MR) is 69.5 cm³/mol. The van der Waals surface area contributed by atoms with Crippen LogP contribution in [0.2, 0.25) is 0 Å². The van der Waals surface area contributed by atoms with Crippen LogP contribution >= 0.6 is 11.3 Å². The molecule has 0 radical (unpaired) electrons. The quantitative estimate of drug-likeness (QED) is 0.651. The summed E-state index contributed by atoms with van der Waals surface area (Å²) >= 11 is 1.62. The van der Waals surface area contributed by atoms with Gasteiger partial charge in [0.2, 0.25) is 0 Å². The van der Waals surface area contributed by atoms with E-state index in [9.17, 15) is 9.90 Å². The van der Waals surface area contributed by atoms with Crippen molar-refractivity contribution in [3.8, 4) is 0 Å². The maximum absolute atomic E-state index is 11.0. The number of aliphatic hydroxyl groups is 1. The lowest BCUT2D eigenvalue weighted by Crippen LogP contribution is -2.34. The second kappa shape index (κ2) is 9.04. The number of aliphatic hydroxyl groups excluding tert-OH is 1. The van der Waals surface area contributed by atoms with Gasteiger partial charge in [-0.2, -0.15) is 0 Å². The fourth-order valence-electron chi connectivity index (χ4n) is 1.30. The maximum atomic E-state index is 11.0. The summed E-state index contributed by atoms with van der Waals surface area (Å²) in [6, 6.07) is 3.94. The summed E-state index contributed by atoms with van der Waals surface area (Å²) in [5.41, 5.74) is 0. The SMILES string of the molecule is CCOC(=O)CNCC(O)COCc1cccs1. The summed E-state index contributed by atoms with van der Waals surface area (Å²) in [5.74, 6) is -0.316. The van der Waals surface area contributed by atoms with E-state index in [-0.39, 0.29) is 19.1 Å². The highest BCUT2D eigenvalue weighted by Gasteiger charge is 2.06. The zero-order chi connectivity index (χ0) is 13.2. The second-order valence-electron chi connectivity index (χ2n) is 3.68. The Bertz CT molecular complexity index is 329. The van der Waals surface area contributed by atoms with Crippen molar-refractivity contribution in [2.24, 2.45) is 0 Å². The Hall–Kier alpha value is -0.950. The highest BCUT2D eigenvalue weighted by atomic mass is 32.1. The van der Waals surface area contributed by atoms with Crippen LogP contribution in [0.3, 0.4) is 0 Å². The number of carbonyl (C=O) groups is 1. The Labute approximate surface area is 111 Å². The molecule has 0 aliphatic heterocycles. The first kappa shape index (κ1) is 15.1. The van der Waals surface area contributed by atoms with Gasteiger partial charge in [0, 0.05) is 11.4 Å². The molecule has 0 spiro atoms. The first-order chi connectivity index (χ1) is 8.72. The van der Waals surface area contributed by atoms with Crippen LogP contribution in [0, 0.1) is 0 Å². The second-order valence-corrected chi connectivity index (χ2v) is 4.72. The minimum absolute atomic E-state index is 0.107. The van der Waals surface area contributed by atoms with Crippen molar-refractivity contribution in [2.45, 2.75) is 19.6 Å². The van der Waals surface area contributed by atoms with E-state index in [0.29, 0.717) is 19.8 Å². The number of carbonyl (C=O) groups excluding carboxylic acids is 1. The monoisotopic (exact) mass is 273 g/mol. The number of hydrogen-bond acceptors (Lipinski definition) is 6. The van der Waals surface area contributed by atoms with Gasteiger partial charge < -0.3 is 19.9 Å². The molecule has 6 heteroatoms. The van der Waals surface area contributed by atoms with E-state index >= 15 is 0 Å². The van der Waals surface area contributed by atoms with Crippen LogP contribution in [0.4, 0.5) is 0 Å². The van der Waals surface area contributed by atoms with E-state index in [1.165, 1.54) is 0 Å². The lowest BCUT2D eigenvalue weighted by Gasteiger charge is -2.11. The highest BCUT2D eigenvalue weighted by Crippen LogP contribution is 2.09. The van der Waals surface area contributed by atoms with Crippen LogP contribution in [-0.2, 0) is 20.9 Å². The Balaban J connectivity index is 2.00. The Kier molecular flexibility index (Phi) is 7.59. The van der Waals surface area contributed by atoms with Crippen molar-refractivity contribution < 1.29 is 19.4 Å². The molecule has 1 aromatic heterocycles. The average Bonchev–Trinajstić information content (AvgIpc) is 2.82. The lowest BCUT2D eigenvalue weighted by atomic mass is 10.3. The largest absolute Gasteiger partial charge is 0.465 e. The van der Waals surface area contributed by atoms with Crippen LogP contribution in [0.1, 0.15) is 11.8 Å². The molecule has 0 aliphatic carbocycles. The third kappa shape index (κ3) is 6.70. The fraction of sp³-hybridized carbons (Fsp3) is 0.583. The molecule has 1 atom stereocenters. The van der Waals surface area contributed by atoms with Gasteiger partial charge >= 0.3 is 5.97 Å². The predicted octanol–water partition coefficient (Wildman–Crippen LogP) is 0.778. The molecular formula is C12H19NO4S. The summed E-state index contributed by atoms with van der Waals surface area (Å²) in [7, 11) is 0. The maximum Gasteiger partial charge on any atom is 0.319 e. The molecule has 5 nitrogen and oxygen atoms in total. The third-order valence-electron chi connectivity index (χ3n) is 2.09. The Morgan fingerprint density at radius 2 is 2.44 bits per heavy atom. The molecule has 0 fully saturated rings. The minimum Gasteiger partial charge on any atom is -0.465 e. The summed E-state index contributed by atoms with van der Waals surface area (Å²) < 4.78 is 10.1. The number of thiophene rings is 1. The van der Waals surface area contributed by atoms with Gasteiger partial charge in [0.25, 0.3) is 0 Å². The molecule has 0 saturated carbocycles. The topological polar surface area (TPSA) is 67.8 Å². The van der Waals surface area contributed by atoms with E-state index in [2.05, 4.69) is 5.32 Å². The average molecular weight is 273 g/mol. The van der Waals surface area contributed by atoms with Gasteiger partial charge in [-0.15, -0.1) is 11.3 Å². The number of hydrogen-bond donors (Lipinski definition) is 2. The zero-order valence-electron chi connectivity index (χ0n) is 10.4. The van der Waals surface area contributed by atoms with Crippen LogP contribution < -0.4 is 5.32 Å². The fourth-order valence-corrected chi connectivity index (χ4v) is 1.94. The molecule has 0 saturated heterocycles. The van der Waals surface area contributed by atoms with Gasteiger partial charge in [-0.1, -0.05) is 6.07 Å². The van der Waals surface area contributed by atoms with Crippen molar-refractivity contribution in [2.75, 3.05) is 26.3 Å². The van der Waals surface area contributed by atoms with Crippen LogP contribution in [0.5, 0.6) is 0 Å². The van der Waals surface area contributed by atoms with Gasteiger partial charge in [0.1, 0.15) is 0 Å². The van der Waals surface area contributed by atoms with E-state index in [1.54, 1.807) is 18.3 Å². The summed E-state index contributed by atoms with van der Waals surface area (Å²) in [4.78, 5) is 12.1. The van der Waals surface area contributed by atoms with Gasteiger partial charge in [-0.25, -0.2) is 0 Å². The Morgan fingerprint density at radius 1 is 1.61 bits per heavy atom. The van der Waals surface area contributed by atoms with E-state index in [0.717, 1.165) is 4.88 Å². The molecule has 2 N–H and O–H groups in total. The summed E-state index contributed by atoms with van der Waals surface area (Å²) in [6.07, 6.45) is -0.626. The number of nitrogens with one attached hydrogen (secondary N) is 1. The van der Waals surface area contributed by atoms with Crippen molar-refractivity contribution in [1.29, 1.82) is 0 Å². The molecule has 18 heavy (non-hydrogen) atoms. The minimum atomic E-state index is -0.626. The molecule has 0 bridgehead atoms. The zero-order valence-corrected chi connectivity index (χ0v) is 11.2. The van der Waals surface area contributed by atoms with Crippen LogP contribution in [0.15, 0.2) is 17.5 Å². The van der Waals surface area contributed by atoms with Gasteiger partial charge in [0.05, 0.1) is 32.5 Å². The summed E-state index contributed by atoms with van der Waals surface area (Å²) in [6.45, 7) is 3.29. The van der Waals surface area contributed by atoms with Crippen LogP contribution in [0.25, 0.3) is 0 Å². The van der Waals surface area contributed by atoms with Gasteiger partial charge in [-0.3, -0.25) is 4.79 Å². The van der Waals surface area contributed by atoms with Crippen LogP contribution in [-0.4, -0.2) is 43.5 Å². The van der Waals surface area contributed by atoms with Gasteiger partial charge in [-0.05, 0) is 18.4 Å². The van der Waals surface area contributed by atoms with E-state index in [1.807, 2.05) is 17.5 Å². The van der Waals surface area contributed by atoms with Crippen molar-refractivity contribution >= 4 is 17.3 Å². The van der Waals surface area contributed by atoms with E-state index < -0.39 is 6.10 Å². The first-order valence-corrected chi connectivity index (χ1v) is 6.75. The molecule has 0 aliphatic rings. The first-order valence-electron chi connectivity index (χ1n) is 5.87. The smallest absolute Gasteiger partial charge is 0.319 e. The van der Waals surface area contributed by atoms with Crippen molar-refractivity contribution in [3.05, 3.63) is 22.4 Å². The highest BCUT2D eigenvalue weighted by molar-refractivity contribution is 7.09. The molecule has 1 rings (SSSR count). The normalized spacial score (nSPS) is 12.3. The number of ether oxygens (including phenoxy) is 2. The third-order valence-corrected chi connectivity index (χ3v) is 2.94. The number of esters is 1. The number of rotatable bonds is 9. The molecule has 0 amide bonds. The standard InChI is InChI=1S/C12H19NO4S/c1-2-17-12(15)7-13-6-10(14)8-16-9-11-4-3-5-18-11/h3-5,10,13-14H,2,6-9H2,1H3. The molecule has 1 heterocycles. The van der Waals surface area contributed by atoms with Crippen molar-refractivity contribution in [3.63, 3.8) is 0 Å². The van der Waals surface area contributed by atoms with E-state index in [4.69, 9.17) is 9.47 Å². The molecular weight excluding hydrogens is 254 g/mol. The molecule has 1 aromatic rings. The molecule has 102 valence electrons. The lowest BCUT2D eigenvalue weighted by molar-refractivity contribution is -0.142. The Morgan fingerprint density at radius 3 is 3.11 bits per heavy atom. The van der Waals surface area contributed by atoms with Crippen molar-refractivity contribution in [1.82, 2.24) is 5.32 Å². The van der Waals surface area contributed by atoms with Gasteiger partial charge in [0.15, 0.2) is 0 Å². The molecule has 1 unspecified atom stereocenters. The molecule has 0 aromatic carbocycles.